The summed E-state index contributed by atoms with van der Waals surface area (Å²) < 4.78 is 26.8. The smallest absolute Gasteiger partial charge is 0.152 e. The highest BCUT2D eigenvalue weighted by Gasteiger charge is 2.18. The van der Waals surface area contributed by atoms with Crippen molar-refractivity contribution in [1.82, 2.24) is 0 Å². The third-order valence-corrected chi connectivity index (χ3v) is 3.08. The van der Waals surface area contributed by atoms with E-state index in [0.717, 1.165) is 0 Å². The number of aryl methyl sites for hydroxylation is 1. The molecule has 1 nitrogen and oxygen atoms in total. The van der Waals surface area contributed by atoms with Crippen LogP contribution in [0.15, 0.2) is 12.1 Å². The number of hydrogen-bond acceptors (Lipinski definition) is 1. The van der Waals surface area contributed by atoms with Gasteiger partial charge in [-0.3, -0.25) is 0 Å². The molecule has 0 aliphatic heterocycles. The minimum Gasteiger partial charge on any atom is -0.380 e. The first kappa shape index (κ1) is 10.4. The molecule has 0 amide bonds. The maximum atomic E-state index is 13.5. The molecular formula is C12H15F2N. The lowest BCUT2D eigenvalue weighted by Gasteiger charge is -2.26. The van der Waals surface area contributed by atoms with E-state index in [2.05, 4.69) is 5.32 Å². The fraction of sp³-hybridized carbons (Fsp3) is 0.500. The molecule has 1 aromatic carbocycles. The Morgan fingerprint density at radius 3 is 2.67 bits per heavy atom. The summed E-state index contributed by atoms with van der Waals surface area (Å²) in [5, 5.41) is 2.87. The predicted molar refractivity (Wildman–Crippen MR) is 56.9 cm³/mol. The van der Waals surface area contributed by atoms with Crippen LogP contribution in [0.2, 0.25) is 0 Å². The van der Waals surface area contributed by atoms with Crippen molar-refractivity contribution in [3.8, 4) is 0 Å². The summed E-state index contributed by atoms with van der Waals surface area (Å²) in [5.41, 5.74) is 0.509. The van der Waals surface area contributed by atoms with Crippen molar-refractivity contribution in [3.63, 3.8) is 0 Å². The molecule has 0 spiro atoms. The Morgan fingerprint density at radius 2 is 2.07 bits per heavy atom. The van der Waals surface area contributed by atoms with Crippen LogP contribution in [0.25, 0.3) is 0 Å². The second kappa shape index (κ2) is 4.17. The maximum absolute atomic E-state index is 13.5. The monoisotopic (exact) mass is 211 g/mol. The lowest BCUT2D eigenvalue weighted by Crippen LogP contribution is -2.21. The lowest BCUT2D eigenvalue weighted by molar-refractivity contribution is 0.332. The van der Waals surface area contributed by atoms with Gasteiger partial charge >= 0.3 is 0 Å². The van der Waals surface area contributed by atoms with Gasteiger partial charge in [-0.2, -0.15) is 0 Å². The van der Waals surface area contributed by atoms with Gasteiger partial charge in [0.25, 0.3) is 0 Å². The number of halogens is 2. The van der Waals surface area contributed by atoms with Gasteiger partial charge in [-0.15, -0.1) is 0 Å². The van der Waals surface area contributed by atoms with E-state index in [-0.39, 0.29) is 5.69 Å². The quantitative estimate of drug-likeness (QED) is 0.807. The molecule has 1 aliphatic carbocycles. The Kier molecular flexibility index (Phi) is 2.89. The Balaban J connectivity index is 2.08. The summed E-state index contributed by atoms with van der Waals surface area (Å²) in [6, 6.07) is 2.76. The molecule has 0 aromatic heterocycles. The van der Waals surface area contributed by atoms with Crippen LogP contribution in [-0.2, 0) is 0 Å². The van der Waals surface area contributed by atoms with Gasteiger partial charge in [-0.1, -0.05) is 12.5 Å². The zero-order valence-electron chi connectivity index (χ0n) is 8.82. The number of benzene rings is 1. The molecule has 2 rings (SSSR count). The SMILES string of the molecule is Cc1ccc(F)c(NCC2CCC2)c1F. The minimum absolute atomic E-state index is 0.0295. The van der Waals surface area contributed by atoms with E-state index in [1.165, 1.54) is 31.4 Å². The highest BCUT2D eigenvalue weighted by molar-refractivity contribution is 5.48. The largest absolute Gasteiger partial charge is 0.380 e. The molecule has 0 radical (unpaired) electrons. The van der Waals surface area contributed by atoms with Gasteiger partial charge in [0, 0.05) is 6.54 Å². The first-order valence-electron chi connectivity index (χ1n) is 5.37. The van der Waals surface area contributed by atoms with E-state index in [9.17, 15) is 8.78 Å². The molecule has 0 saturated heterocycles. The van der Waals surface area contributed by atoms with Gasteiger partial charge < -0.3 is 5.32 Å². The Hall–Kier alpha value is -1.12. The van der Waals surface area contributed by atoms with E-state index in [1.807, 2.05) is 0 Å². The fourth-order valence-electron chi connectivity index (χ4n) is 1.76. The summed E-state index contributed by atoms with van der Waals surface area (Å²) >= 11 is 0. The van der Waals surface area contributed by atoms with Gasteiger partial charge in [-0.25, -0.2) is 8.78 Å². The zero-order chi connectivity index (χ0) is 10.8. The van der Waals surface area contributed by atoms with Crippen LogP contribution in [0.5, 0.6) is 0 Å². The average molecular weight is 211 g/mol. The Morgan fingerprint density at radius 1 is 1.33 bits per heavy atom. The molecule has 15 heavy (non-hydrogen) atoms. The van der Waals surface area contributed by atoms with E-state index >= 15 is 0 Å². The van der Waals surface area contributed by atoms with E-state index in [1.54, 1.807) is 6.92 Å². The highest BCUT2D eigenvalue weighted by atomic mass is 19.1. The first-order valence-corrected chi connectivity index (χ1v) is 5.37. The van der Waals surface area contributed by atoms with Crippen LogP contribution in [0.1, 0.15) is 24.8 Å². The van der Waals surface area contributed by atoms with E-state index < -0.39 is 11.6 Å². The van der Waals surface area contributed by atoms with Crippen molar-refractivity contribution in [2.24, 2.45) is 5.92 Å². The molecule has 3 heteroatoms. The van der Waals surface area contributed by atoms with Crippen molar-refractivity contribution in [2.75, 3.05) is 11.9 Å². The van der Waals surface area contributed by atoms with Crippen LogP contribution >= 0.6 is 0 Å². The molecule has 82 valence electrons. The average Bonchev–Trinajstić information content (AvgIpc) is 2.15. The topological polar surface area (TPSA) is 12.0 Å². The lowest BCUT2D eigenvalue weighted by atomic mass is 9.85. The number of rotatable bonds is 3. The van der Waals surface area contributed by atoms with Gasteiger partial charge in [0.2, 0.25) is 0 Å². The van der Waals surface area contributed by atoms with Gasteiger partial charge in [0.05, 0.1) is 0 Å². The third-order valence-electron chi connectivity index (χ3n) is 3.08. The van der Waals surface area contributed by atoms with Gasteiger partial charge in [0.15, 0.2) is 5.82 Å². The molecule has 0 heterocycles. The molecule has 0 atom stereocenters. The van der Waals surface area contributed by atoms with Crippen LogP contribution < -0.4 is 5.32 Å². The fourth-order valence-corrected chi connectivity index (χ4v) is 1.76. The van der Waals surface area contributed by atoms with Crippen molar-refractivity contribution >= 4 is 5.69 Å². The minimum atomic E-state index is -0.502. The van der Waals surface area contributed by atoms with Crippen LogP contribution in [0.4, 0.5) is 14.5 Å². The molecular weight excluding hydrogens is 196 g/mol. The number of nitrogens with one attached hydrogen (secondary N) is 1. The number of hydrogen-bond donors (Lipinski definition) is 1. The van der Waals surface area contributed by atoms with Crippen LogP contribution in [-0.4, -0.2) is 6.54 Å². The summed E-state index contributed by atoms with van der Waals surface area (Å²) in [4.78, 5) is 0. The maximum Gasteiger partial charge on any atom is 0.152 e. The molecule has 1 saturated carbocycles. The summed E-state index contributed by atoms with van der Waals surface area (Å²) in [6.07, 6.45) is 3.58. The van der Waals surface area contributed by atoms with Crippen molar-refractivity contribution in [2.45, 2.75) is 26.2 Å². The van der Waals surface area contributed by atoms with Crippen molar-refractivity contribution < 1.29 is 8.78 Å². The van der Waals surface area contributed by atoms with Gasteiger partial charge in [0.1, 0.15) is 11.5 Å². The molecule has 0 bridgehead atoms. The molecule has 1 fully saturated rings. The van der Waals surface area contributed by atoms with E-state index in [0.29, 0.717) is 18.0 Å². The first-order chi connectivity index (χ1) is 7.18. The third kappa shape index (κ3) is 2.11. The second-order valence-corrected chi connectivity index (χ2v) is 4.23. The number of anilines is 1. The standard InChI is InChI=1S/C12H15F2N/c1-8-5-6-10(13)12(11(8)14)15-7-9-3-2-4-9/h5-6,9,15H,2-4,7H2,1H3. The second-order valence-electron chi connectivity index (χ2n) is 4.23. The molecule has 1 aromatic rings. The predicted octanol–water partition coefficient (Wildman–Crippen LogP) is 3.49. The van der Waals surface area contributed by atoms with Gasteiger partial charge in [-0.05, 0) is 37.3 Å². The van der Waals surface area contributed by atoms with Crippen molar-refractivity contribution in [3.05, 3.63) is 29.3 Å². The summed E-state index contributed by atoms with van der Waals surface area (Å²) in [6.45, 7) is 2.32. The summed E-state index contributed by atoms with van der Waals surface area (Å²) in [5.74, 6) is -0.379. The van der Waals surface area contributed by atoms with Crippen LogP contribution in [0.3, 0.4) is 0 Å². The Labute approximate surface area is 88.5 Å². The normalized spacial score (nSPS) is 16.2. The highest BCUT2D eigenvalue weighted by Crippen LogP contribution is 2.28. The van der Waals surface area contributed by atoms with E-state index in [4.69, 9.17) is 0 Å². The zero-order valence-corrected chi connectivity index (χ0v) is 8.82. The Bertz CT molecular complexity index is 359. The van der Waals surface area contributed by atoms with Crippen LogP contribution in [0, 0.1) is 24.5 Å². The molecule has 0 unspecified atom stereocenters. The molecule has 1 aliphatic rings. The summed E-state index contributed by atoms with van der Waals surface area (Å²) in [7, 11) is 0. The molecule has 1 N–H and O–H groups in total. The van der Waals surface area contributed by atoms with Crippen molar-refractivity contribution in [1.29, 1.82) is 0 Å².